The molecule has 6 heteroatoms. The summed E-state index contributed by atoms with van der Waals surface area (Å²) in [6.45, 7) is 1.86. The number of halogens is 3. The summed E-state index contributed by atoms with van der Waals surface area (Å²) in [5.41, 5.74) is 1.01. The van der Waals surface area contributed by atoms with Gasteiger partial charge in [0.1, 0.15) is 17.0 Å². The Hall–Kier alpha value is -2.18. The van der Waals surface area contributed by atoms with Gasteiger partial charge in [0.25, 0.3) is 0 Å². The zero-order valence-corrected chi connectivity index (χ0v) is 14.2. The van der Waals surface area contributed by atoms with Crippen LogP contribution in [0.2, 0.25) is 0 Å². The molecule has 3 rings (SSSR count). The van der Waals surface area contributed by atoms with E-state index >= 15 is 0 Å². The largest absolute Gasteiger partial charge is 0.408 e. The van der Waals surface area contributed by atoms with Crippen molar-refractivity contribution >= 4 is 21.8 Å². The SMILES string of the molecule is Cc1ccc(S(=O)N[C@H](c2cccc3ccccc23)C(F)(F)F)cc1. The van der Waals surface area contributed by atoms with Crippen molar-refractivity contribution in [2.24, 2.45) is 0 Å². The van der Waals surface area contributed by atoms with Crippen molar-refractivity contribution in [2.75, 3.05) is 0 Å². The van der Waals surface area contributed by atoms with Crippen LogP contribution in [0.5, 0.6) is 0 Å². The van der Waals surface area contributed by atoms with Gasteiger partial charge >= 0.3 is 6.18 Å². The number of alkyl halides is 3. The number of fused-ring (bicyclic) bond motifs is 1. The summed E-state index contributed by atoms with van der Waals surface area (Å²) in [6, 6.07) is 16.1. The third-order valence-corrected chi connectivity index (χ3v) is 5.07. The van der Waals surface area contributed by atoms with Crippen molar-refractivity contribution in [1.29, 1.82) is 0 Å². The van der Waals surface area contributed by atoms with Gasteiger partial charge in [0, 0.05) is 0 Å². The topological polar surface area (TPSA) is 29.1 Å². The molecule has 0 aliphatic heterocycles. The second-order valence-corrected chi connectivity index (χ2v) is 6.99. The summed E-state index contributed by atoms with van der Waals surface area (Å²) in [5.74, 6) is 0. The van der Waals surface area contributed by atoms with Crippen molar-refractivity contribution < 1.29 is 17.4 Å². The highest BCUT2D eigenvalue weighted by Gasteiger charge is 2.42. The van der Waals surface area contributed by atoms with Gasteiger partial charge in [-0.2, -0.15) is 13.2 Å². The van der Waals surface area contributed by atoms with Crippen LogP contribution in [0.15, 0.2) is 71.6 Å². The van der Waals surface area contributed by atoms with E-state index in [2.05, 4.69) is 4.72 Å². The van der Waals surface area contributed by atoms with E-state index in [0.717, 1.165) is 5.56 Å². The molecule has 0 heterocycles. The van der Waals surface area contributed by atoms with Gasteiger partial charge in [0.05, 0.1) is 4.90 Å². The highest BCUT2D eigenvalue weighted by Crippen LogP contribution is 2.36. The first kappa shape index (κ1) is 17.6. The predicted molar refractivity (Wildman–Crippen MR) is 93.5 cm³/mol. The fourth-order valence-electron chi connectivity index (χ4n) is 2.65. The molecule has 0 aliphatic rings. The molecule has 0 aliphatic carbocycles. The molecular formula is C19H16F3NOS. The fourth-order valence-corrected chi connectivity index (χ4v) is 3.64. The van der Waals surface area contributed by atoms with Crippen molar-refractivity contribution in [1.82, 2.24) is 4.72 Å². The van der Waals surface area contributed by atoms with Gasteiger partial charge in [0.15, 0.2) is 0 Å². The highest BCUT2D eigenvalue weighted by molar-refractivity contribution is 7.83. The second-order valence-electron chi connectivity index (χ2n) is 5.74. The van der Waals surface area contributed by atoms with E-state index in [0.29, 0.717) is 15.7 Å². The molecule has 3 aromatic carbocycles. The van der Waals surface area contributed by atoms with Crippen LogP contribution < -0.4 is 4.72 Å². The molecule has 1 unspecified atom stereocenters. The Bertz CT molecular complexity index is 901. The normalized spacial score (nSPS) is 14.4. The van der Waals surface area contributed by atoms with Crippen molar-refractivity contribution in [2.45, 2.75) is 24.0 Å². The summed E-state index contributed by atoms with van der Waals surface area (Å²) in [7, 11) is -1.98. The molecule has 0 fully saturated rings. The maximum atomic E-state index is 13.7. The van der Waals surface area contributed by atoms with Gasteiger partial charge in [-0.15, -0.1) is 0 Å². The molecule has 0 saturated heterocycles. The predicted octanol–water partition coefficient (Wildman–Crippen LogP) is 5.06. The Morgan fingerprint density at radius 3 is 2.24 bits per heavy atom. The van der Waals surface area contributed by atoms with Crippen LogP contribution in [-0.2, 0) is 11.0 Å². The molecule has 25 heavy (non-hydrogen) atoms. The maximum Gasteiger partial charge on any atom is 0.408 e. The molecule has 130 valence electrons. The summed E-state index contributed by atoms with van der Waals surface area (Å²) in [5, 5.41) is 1.19. The molecule has 0 radical (unpaired) electrons. The lowest BCUT2D eigenvalue weighted by Gasteiger charge is -2.23. The number of hydrogen-bond donors (Lipinski definition) is 1. The number of nitrogens with one attached hydrogen (secondary N) is 1. The van der Waals surface area contributed by atoms with Crippen LogP contribution in [0.3, 0.4) is 0 Å². The summed E-state index contributed by atoms with van der Waals surface area (Å²) in [4.78, 5) is 0.306. The molecule has 0 aromatic heterocycles. The second kappa shape index (κ2) is 6.98. The number of hydrogen-bond acceptors (Lipinski definition) is 1. The van der Waals surface area contributed by atoms with Crippen LogP contribution in [0.1, 0.15) is 17.2 Å². The van der Waals surface area contributed by atoms with E-state index in [4.69, 9.17) is 0 Å². The molecule has 2 nitrogen and oxygen atoms in total. The lowest BCUT2D eigenvalue weighted by Crippen LogP contribution is -2.35. The van der Waals surface area contributed by atoms with E-state index in [1.807, 2.05) is 6.92 Å². The Kier molecular flexibility index (Phi) is 4.92. The average molecular weight is 363 g/mol. The molecule has 2 atom stereocenters. The Morgan fingerprint density at radius 1 is 0.920 bits per heavy atom. The lowest BCUT2D eigenvalue weighted by molar-refractivity contribution is -0.152. The molecule has 0 amide bonds. The Labute approximate surface area is 146 Å². The van der Waals surface area contributed by atoms with E-state index in [-0.39, 0.29) is 5.56 Å². The standard InChI is InChI=1S/C19H16F3NOS/c1-13-9-11-15(12-10-13)25(24)23-18(19(20,21)22)17-8-4-6-14-5-2-3-7-16(14)17/h2-12,18,23H,1H3/t18-,25?/m1/s1. The smallest absolute Gasteiger partial charge is 0.237 e. The van der Waals surface area contributed by atoms with Crippen LogP contribution in [-0.4, -0.2) is 10.4 Å². The quantitative estimate of drug-likeness (QED) is 0.689. The van der Waals surface area contributed by atoms with E-state index in [9.17, 15) is 17.4 Å². The van der Waals surface area contributed by atoms with E-state index in [1.165, 1.54) is 6.07 Å². The third-order valence-electron chi connectivity index (χ3n) is 3.92. The summed E-state index contributed by atoms with van der Waals surface area (Å²) in [6.07, 6.45) is -4.58. The minimum absolute atomic E-state index is 0.0612. The van der Waals surface area contributed by atoms with E-state index < -0.39 is 23.2 Å². The van der Waals surface area contributed by atoms with Gasteiger partial charge < -0.3 is 0 Å². The monoisotopic (exact) mass is 363 g/mol. The van der Waals surface area contributed by atoms with E-state index in [1.54, 1.807) is 60.7 Å². The van der Waals surface area contributed by atoms with Gasteiger partial charge in [0.2, 0.25) is 0 Å². The van der Waals surface area contributed by atoms with Crippen molar-refractivity contribution in [3.8, 4) is 0 Å². The molecule has 1 N–H and O–H groups in total. The van der Waals surface area contributed by atoms with Gasteiger partial charge in [-0.25, -0.2) is 8.93 Å². The Balaban J connectivity index is 2.00. The van der Waals surface area contributed by atoms with Crippen molar-refractivity contribution in [3.63, 3.8) is 0 Å². The zero-order chi connectivity index (χ0) is 18.0. The molecule has 3 aromatic rings. The molecule has 0 saturated carbocycles. The van der Waals surface area contributed by atoms with Crippen LogP contribution in [0.25, 0.3) is 10.8 Å². The average Bonchev–Trinajstić information content (AvgIpc) is 2.59. The first-order chi connectivity index (χ1) is 11.9. The molecular weight excluding hydrogens is 347 g/mol. The minimum atomic E-state index is -4.58. The van der Waals surface area contributed by atoms with Crippen LogP contribution in [0.4, 0.5) is 13.2 Å². The lowest BCUT2D eigenvalue weighted by atomic mass is 9.99. The van der Waals surface area contributed by atoms with Gasteiger partial charge in [-0.3, -0.25) is 0 Å². The van der Waals surface area contributed by atoms with Gasteiger partial charge in [-0.05, 0) is 35.4 Å². The number of rotatable bonds is 4. The fraction of sp³-hybridized carbons (Fsp3) is 0.158. The maximum absolute atomic E-state index is 13.7. The number of benzene rings is 3. The Morgan fingerprint density at radius 2 is 1.56 bits per heavy atom. The first-order valence-corrected chi connectivity index (χ1v) is 8.80. The zero-order valence-electron chi connectivity index (χ0n) is 13.4. The minimum Gasteiger partial charge on any atom is -0.237 e. The summed E-state index contributed by atoms with van der Waals surface area (Å²) >= 11 is 0. The van der Waals surface area contributed by atoms with Crippen LogP contribution >= 0.6 is 0 Å². The van der Waals surface area contributed by atoms with Crippen LogP contribution in [0, 0.1) is 6.92 Å². The molecule has 0 bridgehead atoms. The highest BCUT2D eigenvalue weighted by atomic mass is 32.2. The van der Waals surface area contributed by atoms with Gasteiger partial charge in [-0.1, -0.05) is 60.2 Å². The van der Waals surface area contributed by atoms with Crippen molar-refractivity contribution in [3.05, 3.63) is 77.9 Å². The summed E-state index contributed by atoms with van der Waals surface area (Å²) < 4.78 is 55.7. The first-order valence-electron chi connectivity index (χ1n) is 7.65. The molecule has 0 spiro atoms. The third kappa shape index (κ3) is 3.91. The number of aryl methyl sites for hydroxylation is 1.